The summed E-state index contributed by atoms with van der Waals surface area (Å²) in [5.41, 5.74) is 0.00836. The number of hydrogen-bond acceptors (Lipinski definition) is 6. The molecule has 0 spiro atoms. The molecule has 1 aromatic heterocycles. The highest BCUT2D eigenvalue weighted by Crippen LogP contribution is 2.23. The molecule has 7 heteroatoms. The normalized spacial score (nSPS) is 18.6. The van der Waals surface area contributed by atoms with E-state index < -0.39 is 4.92 Å². The van der Waals surface area contributed by atoms with Crippen molar-refractivity contribution < 1.29 is 9.66 Å². The van der Waals surface area contributed by atoms with Gasteiger partial charge in [0.15, 0.2) is 0 Å². The van der Waals surface area contributed by atoms with Crippen molar-refractivity contribution in [3.63, 3.8) is 0 Å². The highest BCUT2D eigenvalue weighted by molar-refractivity contribution is 5.58. The predicted octanol–water partition coefficient (Wildman–Crippen LogP) is 1.70. The van der Waals surface area contributed by atoms with Gasteiger partial charge in [0, 0.05) is 25.4 Å². The average molecular weight is 262 g/mol. The van der Waals surface area contributed by atoms with Gasteiger partial charge in [-0.25, -0.2) is 4.98 Å². The molecule has 0 aliphatic carbocycles. The summed E-state index contributed by atoms with van der Waals surface area (Å²) < 4.78 is 5.35. The summed E-state index contributed by atoms with van der Waals surface area (Å²) in [5.74, 6) is 0.542. The molecule has 1 unspecified atom stereocenters. The Morgan fingerprint density at radius 1 is 1.68 bits per heavy atom. The fourth-order valence-corrected chi connectivity index (χ4v) is 2.00. The Morgan fingerprint density at radius 3 is 3.16 bits per heavy atom. The molecule has 1 aromatic rings. The second kappa shape index (κ2) is 6.11. The van der Waals surface area contributed by atoms with Gasteiger partial charge in [0.2, 0.25) is 5.82 Å². The van der Waals surface area contributed by atoms with Crippen molar-refractivity contribution in [2.24, 2.45) is 5.92 Å². The second-order valence-electron chi connectivity index (χ2n) is 4.42. The summed E-state index contributed by atoms with van der Waals surface area (Å²) in [6.07, 6.45) is 3.37. The molecule has 0 bridgehead atoms. The zero-order chi connectivity index (χ0) is 13.7. The van der Waals surface area contributed by atoms with E-state index in [9.17, 15) is 10.1 Å². The number of nitrogens with zero attached hydrogens (tertiary/aromatic N) is 3. The van der Waals surface area contributed by atoms with Crippen LogP contribution in [0.5, 0.6) is 0 Å². The first-order valence-corrected chi connectivity index (χ1v) is 6.07. The fourth-order valence-electron chi connectivity index (χ4n) is 2.00. The number of nitrogens with one attached hydrogen (secondary N) is 1. The van der Waals surface area contributed by atoms with E-state index in [0.717, 1.165) is 19.4 Å². The van der Waals surface area contributed by atoms with E-state index in [1.165, 1.54) is 12.3 Å². The van der Waals surface area contributed by atoms with E-state index in [0.29, 0.717) is 19.1 Å². The van der Waals surface area contributed by atoms with E-state index in [2.05, 4.69) is 10.3 Å². The number of aromatic nitrogens is 1. The molecule has 1 atom stereocenters. The molecule has 1 aliphatic rings. The lowest BCUT2D eigenvalue weighted by molar-refractivity contribution is -0.384. The Hall–Kier alpha value is -2.20. The number of rotatable bonds is 4. The van der Waals surface area contributed by atoms with Gasteiger partial charge in [-0.15, -0.1) is 0 Å². The van der Waals surface area contributed by atoms with Crippen LogP contribution < -0.4 is 5.32 Å². The lowest BCUT2D eigenvalue weighted by atomic mass is 10.0. The Kier molecular flexibility index (Phi) is 4.26. The lowest BCUT2D eigenvalue weighted by Crippen LogP contribution is -2.24. The molecule has 100 valence electrons. The molecular formula is C12H14N4O3. The first kappa shape index (κ1) is 13.2. The van der Waals surface area contributed by atoms with Crippen LogP contribution in [-0.4, -0.2) is 29.7 Å². The maximum absolute atomic E-state index is 10.9. The van der Waals surface area contributed by atoms with E-state index in [1.54, 1.807) is 0 Å². The van der Waals surface area contributed by atoms with Gasteiger partial charge in [0.25, 0.3) is 0 Å². The highest BCUT2D eigenvalue weighted by Gasteiger charge is 2.19. The summed E-state index contributed by atoms with van der Waals surface area (Å²) in [4.78, 5) is 14.3. The number of anilines is 1. The van der Waals surface area contributed by atoms with Crippen LogP contribution in [-0.2, 0) is 4.74 Å². The largest absolute Gasteiger partial charge is 0.381 e. The van der Waals surface area contributed by atoms with Crippen LogP contribution >= 0.6 is 0 Å². The SMILES string of the molecule is N#Cc1cnc(NCC2CCCOC2)c([N+](=O)[O-])c1. The smallest absolute Gasteiger partial charge is 0.312 e. The summed E-state index contributed by atoms with van der Waals surface area (Å²) in [5, 5.41) is 22.6. The van der Waals surface area contributed by atoms with Gasteiger partial charge in [-0.2, -0.15) is 5.26 Å². The number of nitro groups is 1. The molecule has 1 fully saturated rings. The minimum Gasteiger partial charge on any atom is -0.381 e. The zero-order valence-electron chi connectivity index (χ0n) is 10.3. The number of nitriles is 1. The Bertz CT molecular complexity index is 506. The number of hydrogen-bond donors (Lipinski definition) is 1. The molecule has 0 aromatic carbocycles. The minimum atomic E-state index is -0.534. The van der Waals surface area contributed by atoms with Crippen LogP contribution in [0.15, 0.2) is 12.3 Å². The van der Waals surface area contributed by atoms with Crippen LogP contribution in [0.1, 0.15) is 18.4 Å². The van der Waals surface area contributed by atoms with E-state index in [1.807, 2.05) is 6.07 Å². The van der Waals surface area contributed by atoms with Gasteiger partial charge in [-0.3, -0.25) is 10.1 Å². The third-order valence-electron chi connectivity index (χ3n) is 3.01. The fraction of sp³-hybridized carbons (Fsp3) is 0.500. The topological polar surface area (TPSA) is 101 Å². The maximum Gasteiger partial charge on any atom is 0.312 e. The molecule has 0 saturated carbocycles. The van der Waals surface area contributed by atoms with Gasteiger partial charge >= 0.3 is 5.69 Å². The van der Waals surface area contributed by atoms with Gasteiger partial charge < -0.3 is 10.1 Å². The van der Waals surface area contributed by atoms with Crippen LogP contribution in [0.25, 0.3) is 0 Å². The third-order valence-corrected chi connectivity index (χ3v) is 3.01. The molecule has 7 nitrogen and oxygen atoms in total. The van der Waals surface area contributed by atoms with Gasteiger partial charge in [0.05, 0.1) is 17.1 Å². The van der Waals surface area contributed by atoms with Gasteiger partial charge in [-0.05, 0) is 18.8 Å². The maximum atomic E-state index is 10.9. The van der Waals surface area contributed by atoms with Crippen molar-refractivity contribution in [2.75, 3.05) is 25.1 Å². The Labute approximate surface area is 110 Å². The van der Waals surface area contributed by atoms with Crippen molar-refractivity contribution in [3.05, 3.63) is 27.9 Å². The van der Waals surface area contributed by atoms with Crippen molar-refractivity contribution in [1.82, 2.24) is 4.98 Å². The molecule has 1 N–H and O–H groups in total. The van der Waals surface area contributed by atoms with Crippen molar-refractivity contribution >= 4 is 11.5 Å². The molecular weight excluding hydrogens is 248 g/mol. The Balaban J connectivity index is 2.06. The van der Waals surface area contributed by atoms with E-state index >= 15 is 0 Å². The highest BCUT2D eigenvalue weighted by atomic mass is 16.6. The number of pyridine rings is 1. The molecule has 1 saturated heterocycles. The third kappa shape index (κ3) is 3.39. The first-order chi connectivity index (χ1) is 9.20. The summed E-state index contributed by atoms with van der Waals surface area (Å²) in [6.45, 7) is 2.03. The van der Waals surface area contributed by atoms with Crippen molar-refractivity contribution in [3.8, 4) is 6.07 Å². The molecule has 2 heterocycles. The van der Waals surface area contributed by atoms with E-state index in [-0.39, 0.29) is 17.1 Å². The summed E-state index contributed by atoms with van der Waals surface area (Å²) in [7, 11) is 0. The van der Waals surface area contributed by atoms with Crippen LogP contribution in [0.4, 0.5) is 11.5 Å². The monoisotopic (exact) mass is 262 g/mol. The molecule has 2 rings (SSSR count). The lowest BCUT2D eigenvalue weighted by Gasteiger charge is -2.22. The molecule has 19 heavy (non-hydrogen) atoms. The van der Waals surface area contributed by atoms with Gasteiger partial charge in [-0.1, -0.05) is 0 Å². The first-order valence-electron chi connectivity index (χ1n) is 6.07. The van der Waals surface area contributed by atoms with E-state index in [4.69, 9.17) is 10.00 Å². The average Bonchev–Trinajstić information content (AvgIpc) is 2.46. The molecule has 1 aliphatic heterocycles. The second-order valence-corrected chi connectivity index (χ2v) is 4.42. The minimum absolute atomic E-state index is 0.171. The summed E-state index contributed by atoms with van der Waals surface area (Å²) in [6, 6.07) is 3.07. The molecule has 0 amide bonds. The Morgan fingerprint density at radius 2 is 2.53 bits per heavy atom. The van der Waals surface area contributed by atoms with Crippen LogP contribution in [0, 0.1) is 27.4 Å². The summed E-state index contributed by atoms with van der Waals surface area (Å²) >= 11 is 0. The predicted molar refractivity (Wildman–Crippen MR) is 67.6 cm³/mol. The van der Waals surface area contributed by atoms with Crippen LogP contribution in [0.3, 0.4) is 0 Å². The number of ether oxygens (including phenoxy) is 1. The standard InChI is InChI=1S/C12H14N4O3/c13-5-10-4-11(16(17)18)12(15-7-10)14-6-9-2-1-3-19-8-9/h4,7,9H,1-3,6,8H2,(H,14,15). The van der Waals surface area contributed by atoms with Crippen molar-refractivity contribution in [1.29, 1.82) is 5.26 Å². The quantitative estimate of drug-likeness (QED) is 0.654. The van der Waals surface area contributed by atoms with Crippen LogP contribution in [0.2, 0.25) is 0 Å². The van der Waals surface area contributed by atoms with Crippen molar-refractivity contribution in [2.45, 2.75) is 12.8 Å². The zero-order valence-corrected chi connectivity index (χ0v) is 10.3. The molecule has 0 radical (unpaired) electrons. The van der Waals surface area contributed by atoms with Gasteiger partial charge in [0.1, 0.15) is 6.07 Å².